The second kappa shape index (κ2) is 12.4. The van der Waals surface area contributed by atoms with Crippen molar-refractivity contribution in [2.24, 2.45) is 11.3 Å². The molecule has 8 rings (SSSR count). The van der Waals surface area contributed by atoms with Gasteiger partial charge in [-0.2, -0.15) is 5.06 Å². The average Bonchev–Trinajstić information content (AvgIpc) is 3.52. The molecule has 6 aliphatic rings. The zero-order valence-electron chi connectivity index (χ0n) is 25.9. The van der Waals surface area contributed by atoms with E-state index in [-0.39, 0.29) is 51.3 Å². The lowest BCUT2D eigenvalue weighted by molar-refractivity contribution is -0.201. The Hall–Kier alpha value is -3.65. The Balaban J connectivity index is 0.998. The minimum absolute atomic E-state index is 0.0286. The maximum Gasteiger partial charge on any atom is 0.327 e. The predicted octanol–water partition coefficient (Wildman–Crippen LogP) is 1.85. The molecular weight excluding hydrogens is 606 g/mol. The number of fused-ring (bicyclic) bond motifs is 5. The molecule has 9 atom stereocenters. The summed E-state index contributed by atoms with van der Waals surface area (Å²) in [5.41, 5.74) is 1.88. The number of carbonyl (C=O) groups is 3. The number of esters is 1. The molecule has 47 heavy (non-hydrogen) atoms. The van der Waals surface area contributed by atoms with Crippen LogP contribution in [0.1, 0.15) is 52.7 Å². The van der Waals surface area contributed by atoms with Gasteiger partial charge in [-0.15, -0.1) is 0 Å². The van der Waals surface area contributed by atoms with E-state index >= 15 is 0 Å². The Labute approximate surface area is 272 Å². The van der Waals surface area contributed by atoms with Crippen LogP contribution in [-0.4, -0.2) is 90.6 Å². The minimum atomic E-state index is -1.27. The number of hydrogen-bond acceptors (Lipinski definition) is 10. The molecule has 0 radical (unpaired) electrons. The molecule has 0 spiro atoms. The molecule has 0 aromatic heterocycles. The lowest BCUT2D eigenvalue weighted by Gasteiger charge is -2.48. The number of aliphatic hydroxyl groups is 1. The van der Waals surface area contributed by atoms with Gasteiger partial charge in [0.15, 0.2) is 6.04 Å². The van der Waals surface area contributed by atoms with Gasteiger partial charge in [0.1, 0.15) is 36.6 Å². The topological polar surface area (TPSA) is 148 Å². The summed E-state index contributed by atoms with van der Waals surface area (Å²) in [7, 11) is 0. The van der Waals surface area contributed by atoms with E-state index in [0.717, 1.165) is 30.4 Å². The lowest BCUT2D eigenvalue weighted by Crippen LogP contribution is -2.69. The Bertz CT molecular complexity index is 1570. The number of nitrogens with zero attached hydrogens (tertiary/aromatic N) is 1. The molecular formula is C35H39N3O9. The predicted molar refractivity (Wildman–Crippen MR) is 165 cm³/mol. The van der Waals surface area contributed by atoms with E-state index in [9.17, 15) is 14.4 Å². The van der Waals surface area contributed by atoms with Crippen LogP contribution in [0.2, 0.25) is 0 Å². The number of amides is 2. The highest BCUT2D eigenvalue weighted by atomic mass is 16.8. The van der Waals surface area contributed by atoms with Crippen molar-refractivity contribution >= 4 is 23.9 Å². The molecule has 2 aromatic carbocycles. The number of benzene rings is 2. The third-order valence-electron chi connectivity index (χ3n) is 10.5. The second-order valence-corrected chi connectivity index (χ2v) is 13.4. The summed E-state index contributed by atoms with van der Waals surface area (Å²) < 4.78 is 23.3. The molecule has 248 valence electrons. The Morgan fingerprint density at radius 2 is 1.85 bits per heavy atom. The Morgan fingerprint density at radius 3 is 2.68 bits per heavy atom. The summed E-state index contributed by atoms with van der Waals surface area (Å²) in [4.78, 5) is 46.8. The number of allylic oxidation sites excluding steroid dienone is 1. The number of aliphatic hydroxyl groups excluding tert-OH is 1. The van der Waals surface area contributed by atoms with Gasteiger partial charge in [0.2, 0.25) is 5.91 Å². The molecule has 2 aromatic rings. The van der Waals surface area contributed by atoms with Crippen molar-refractivity contribution in [3.8, 4) is 0 Å². The summed E-state index contributed by atoms with van der Waals surface area (Å²) in [6.45, 7) is 0.417. The fourth-order valence-corrected chi connectivity index (χ4v) is 8.04. The number of hydroxylamine groups is 2. The van der Waals surface area contributed by atoms with Crippen LogP contribution in [0.3, 0.4) is 0 Å². The van der Waals surface area contributed by atoms with Gasteiger partial charge in [0, 0.05) is 25.1 Å². The van der Waals surface area contributed by atoms with E-state index in [1.54, 1.807) is 23.3 Å². The maximum absolute atomic E-state index is 14.3. The van der Waals surface area contributed by atoms with Gasteiger partial charge >= 0.3 is 5.97 Å². The number of rotatable bonds is 10. The summed E-state index contributed by atoms with van der Waals surface area (Å²) in [6, 6.07) is 14.0. The quantitative estimate of drug-likeness (QED) is 0.258. The SMILES string of the molecule is O=C(NCCO)c1cccc(CNC(=O)C23CC4OC(=O)C2N(Cc2ccc(C=CC5CCC6OC6C5)cc2)OC3C2OCOC42)c1. The molecule has 2 aliphatic carbocycles. The number of epoxide rings is 1. The highest BCUT2D eigenvalue weighted by molar-refractivity contribution is 5.95. The van der Waals surface area contributed by atoms with Gasteiger partial charge in [-0.05, 0) is 54.0 Å². The average molecular weight is 646 g/mol. The summed E-state index contributed by atoms with van der Waals surface area (Å²) >= 11 is 0. The van der Waals surface area contributed by atoms with Crippen molar-refractivity contribution in [1.82, 2.24) is 15.7 Å². The Kier molecular flexibility index (Phi) is 8.11. The van der Waals surface area contributed by atoms with Crippen LogP contribution >= 0.6 is 0 Å². The zero-order valence-corrected chi connectivity index (χ0v) is 25.9. The van der Waals surface area contributed by atoms with Crippen LogP contribution in [0, 0.1) is 11.3 Å². The van der Waals surface area contributed by atoms with E-state index in [0.29, 0.717) is 29.3 Å². The van der Waals surface area contributed by atoms with E-state index in [1.165, 1.54) is 0 Å². The molecule has 2 bridgehead atoms. The van der Waals surface area contributed by atoms with Crippen LogP contribution in [0.15, 0.2) is 54.6 Å². The standard InChI is InChI=1S/C35H39N3O9/c39-13-12-36-32(40)24-3-1-2-23(14-24)17-37-34(42)35-16-27-28-29(44-19-43-28)31(35)47-38(30(35)33(41)46-27)18-22-8-5-20(6-9-22)4-7-21-10-11-25-26(15-21)45-25/h1-9,14,21,25-31,39H,10-13,15-19H2,(H,36,40)(H,37,42). The fourth-order valence-electron chi connectivity index (χ4n) is 8.04. The van der Waals surface area contributed by atoms with Crippen molar-refractivity contribution in [2.75, 3.05) is 19.9 Å². The third-order valence-corrected chi connectivity index (χ3v) is 10.5. The van der Waals surface area contributed by atoms with Crippen LogP contribution in [0.25, 0.3) is 6.08 Å². The van der Waals surface area contributed by atoms with Gasteiger partial charge in [0.05, 0.1) is 25.4 Å². The molecule has 6 fully saturated rings. The smallest absolute Gasteiger partial charge is 0.327 e. The highest BCUT2D eigenvalue weighted by Gasteiger charge is 2.74. The van der Waals surface area contributed by atoms with Crippen molar-refractivity contribution in [3.63, 3.8) is 0 Å². The van der Waals surface area contributed by atoms with Crippen LogP contribution in [0.5, 0.6) is 0 Å². The molecule has 2 saturated carbocycles. The van der Waals surface area contributed by atoms with Crippen LogP contribution < -0.4 is 10.6 Å². The van der Waals surface area contributed by atoms with Crippen molar-refractivity contribution in [1.29, 1.82) is 0 Å². The van der Waals surface area contributed by atoms with Crippen LogP contribution in [0.4, 0.5) is 0 Å². The molecule has 12 heteroatoms. The number of hydrogen-bond donors (Lipinski definition) is 3. The number of carbonyl (C=O) groups excluding carboxylic acids is 3. The summed E-state index contributed by atoms with van der Waals surface area (Å²) in [5.74, 6) is -0.646. The first-order valence-electron chi connectivity index (χ1n) is 16.5. The lowest BCUT2D eigenvalue weighted by atomic mass is 9.62. The minimum Gasteiger partial charge on any atom is -0.458 e. The summed E-state index contributed by atoms with van der Waals surface area (Å²) in [5, 5.41) is 16.3. The van der Waals surface area contributed by atoms with Crippen molar-refractivity contribution in [2.45, 2.75) is 81.4 Å². The molecule has 4 aliphatic heterocycles. The normalized spacial score (nSPS) is 35.2. The number of nitrogens with one attached hydrogen (secondary N) is 2. The van der Waals surface area contributed by atoms with Gasteiger partial charge < -0.3 is 34.7 Å². The molecule has 4 saturated heterocycles. The molecule has 9 unspecified atom stereocenters. The fraction of sp³-hybridized carbons (Fsp3) is 0.514. The van der Waals surface area contributed by atoms with Gasteiger partial charge in [-0.25, -0.2) is 0 Å². The van der Waals surface area contributed by atoms with E-state index in [1.807, 2.05) is 30.3 Å². The summed E-state index contributed by atoms with van der Waals surface area (Å²) in [6.07, 6.45) is 6.49. The molecule has 4 heterocycles. The van der Waals surface area contributed by atoms with E-state index in [4.69, 9.17) is 28.9 Å². The van der Waals surface area contributed by atoms with Crippen LogP contribution in [-0.2, 0) is 46.5 Å². The first-order valence-corrected chi connectivity index (χ1v) is 16.5. The van der Waals surface area contributed by atoms with Gasteiger partial charge in [0.25, 0.3) is 5.91 Å². The second-order valence-electron chi connectivity index (χ2n) is 13.4. The first kappa shape index (κ1) is 30.7. The largest absolute Gasteiger partial charge is 0.458 e. The molecule has 3 N–H and O–H groups in total. The van der Waals surface area contributed by atoms with E-state index in [2.05, 4.69) is 22.8 Å². The monoisotopic (exact) mass is 645 g/mol. The van der Waals surface area contributed by atoms with Crippen molar-refractivity contribution in [3.05, 3.63) is 76.9 Å². The highest BCUT2D eigenvalue weighted by Crippen LogP contribution is 2.55. The number of ether oxygens (including phenoxy) is 4. The van der Waals surface area contributed by atoms with E-state index < -0.39 is 41.8 Å². The maximum atomic E-state index is 14.3. The Morgan fingerprint density at radius 1 is 1.00 bits per heavy atom. The first-order chi connectivity index (χ1) is 22.9. The molecule has 2 amide bonds. The third kappa shape index (κ3) is 5.66. The van der Waals surface area contributed by atoms with Crippen molar-refractivity contribution < 1.29 is 43.3 Å². The molecule has 12 nitrogen and oxygen atoms in total. The van der Waals surface area contributed by atoms with Gasteiger partial charge in [-0.1, -0.05) is 48.6 Å². The zero-order chi connectivity index (χ0) is 32.1. The van der Waals surface area contributed by atoms with Gasteiger partial charge in [-0.3, -0.25) is 19.2 Å².